The number of imidazole rings is 1. The Morgan fingerprint density at radius 3 is 2.58 bits per heavy atom. The molecule has 0 saturated heterocycles. The minimum atomic E-state index is -1.22. The zero-order chi connectivity index (χ0) is 19.1. The van der Waals surface area contributed by atoms with E-state index in [0.717, 1.165) is 21.7 Å². The van der Waals surface area contributed by atoms with E-state index in [1.165, 1.54) is 11.3 Å². The van der Waals surface area contributed by atoms with Gasteiger partial charge < -0.3 is 5.11 Å². The van der Waals surface area contributed by atoms with Crippen LogP contribution in [0.5, 0.6) is 0 Å². The van der Waals surface area contributed by atoms with Crippen molar-refractivity contribution >= 4 is 34.4 Å². The molecule has 0 saturated carbocycles. The van der Waals surface area contributed by atoms with Crippen molar-refractivity contribution in [2.24, 2.45) is 0 Å². The highest BCUT2D eigenvalue weighted by Gasteiger charge is 2.29. The van der Waals surface area contributed by atoms with Crippen LogP contribution < -0.4 is 5.32 Å². The van der Waals surface area contributed by atoms with Crippen molar-refractivity contribution in [2.45, 2.75) is 52.2 Å². The fourth-order valence-electron chi connectivity index (χ4n) is 2.92. The van der Waals surface area contributed by atoms with Gasteiger partial charge in [0.15, 0.2) is 5.65 Å². The van der Waals surface area contributed by atoms with Crippen molar-refractivity contribution in [3.05, 3.63) is 40.2 Å². The normalized spacial score (nSPS) is 14.4. The van der Waals surface area contributed by atoms with Gasteiger partial charge in [-0.1, -0.05) is 6.07 Å². The highest BCUT2D eigenvalue weighted by molar-refractivity contribution is 7.10. The Labute approximate surface area is 156 Å². The first-order valence-corrected chi connectivity index (χ1v) is 9.39. The van der Waals surface area contributed by atoms with Crippen molar-refractivity contribution in [3.63, 3.8) is 0 Å². The molecule has 0 radical (unpaired) electrons. The van der Waals surface area contributed by atoms with Crippen LogP contribution in [0.3, 0.4) is 0 Å². The van der Waals surface area contributed by atoms with E-state index >= 15 is 0 Å². The molecular formula is C19H24N4O2S. The van der Waals surface area contributed by atoms with Crippen LogP contribution in [-0.2, 0) is 15.9 Å². The van der Waals surface area contributed by atoms with E-state index in [-0.39, 0.29) is 17.9 Å². The molecule has 3 rings (SSSR count). The lowest BCUT2D eigenvalue weighted by Crippen LogP contribution is -2.30. The second-order valence-corrected chi connectivity index (χ2v) is 8.66. The number of carbonyl (C=O) groups excluding carboxylic acids is 1. The third-order valence-corrected chi connectivity index (χ3v) is 5.25. The molecule has 3 aromatic heterocycles. The molecule has 26 heavy (non-hydrogen) atoms. The summed E-state index contributed by atoms with van der Waals surface area (Å²) in [6, 6.07) is 7.49. The minimum Gasteiger partial charge on any atom is -0.384 e. The van der Waals surface area contributed by atoms with Crippen LogP contribution in [0, 0.1) is 6.92 Å². The number of pyridine rings is 1. The number of carbonyl (C=O) groups is 1. The predicted molar refractivity (Wildman–Crippen MR) is 104 cm³/mol. The summed E-state index contributed by atoms with van der Waals surface area (Å²) < 4.78 is 1.92. The number of nitrogens with zero attached hydrogens (tertiary/aromatic N) is 3. The summed E-state index contributed by atoms with van der Waals surface area (Å²) in [4.78, 5) is 22.5. The largest absolute Gasteiger partial charge is 0.384 e. The first-order valence-electron chi connectivity index (χ1n) is 8.51. The van der Waals surface area contributed by atoms with Crippen molar-refractivity contribution in [3.8, 4) is 0 Å². The molecular weight excluding hydrogens is 348 g/mol. The smallest absolute Gasteiger partial charge is 0.229 e. The Morgan fingerprint density at radius 2 is 1.96 bits per heavy atom. The van der Waals surface area contributed by atoms with Gasteiger partial charge in [-0.15, -0.1) is 11.3 Å². The number of anilines is 1. The van der Waals surface area contributed by atoms with Crippen molar-refractivity contribution < 1.29 is 9.90 Å². The number of hydrogen-bond donors (Lipinski definition) is 2. The van der Waals surface area contributed by atoms with Crippen LogP contribution in [-0.4, -0.2) is 25.5 Å². The number of aromatic nitrogens is 3. The summed E-state index contributed by atoms with van der Waals surface area (Å²) >= 11 is 1.43. The Morgan fingerprint density at radius 1 is 1.23 bits per heavy atom. The van der Waals surface area contributed by atoms with Gasteiger partial charge in [-0.25, -0.2) is 9.97 Å². The van der Waals surface area contributed by atoms with Crippen molar-refractivity contribution in [2.75, 3.05) is 5.32 Å². The van der Waals surface area contributed by atoms with Crippen LogP contribution >= 0.6 is 11.3 Å². The van der Waals surface area contributed by atoms with E-state index in [4.69, 9.17) is 0 Å². The third-order valence-electron chi connectivity index (χ3n) is 4.12. The number of fused-ring (bicyclic) bond motifs is 1. The summed E-state index contributed by atoms with van der Waals surface area (Å²) in [6.45, 7) is 9.69. The number of aryl methyl sites for hydroxylation is 1. The molecule has 2 N–H and O–H groups in total. The zero-order valence-corrected chi connectivity index (χ0v) is 16.5. The van der Waals surface area contributed by atoms with Gasteiger partial charge in [0.25, 0.3) is 0 Å². The molecule has 6 nitrogen and oxygen atoms in total. The van der Waals surface area contributed by atoms with Gasteiger partial charge in [0, 0.05) is 16.1 Å². The SMILES string of the molecule is Cc1ccc2nc(NC(=O)C[C@](C)(O)c3cccs3)n(C(C)(C)C)c2n1. The Balaban J connectivity index is 1.92. The lowest BCUT2D eigenvalue weighted by atomic mass is 10.00. The van der Waals surface area contributed by atoms with Crippen molar-refractivity contribution in [1.82, 2.24) is 14.5 Å². The predicted octanol–water partition coefficient (Wildman–Crippen LogP) is 3.79. The van der Waals surface area contributed by atoms with Gasteiger partial charge in [-0.3, -0.25) is 14.7 Å². The van der Waals surface area contributed by atoms with Gasteiger partial charge in [0.2, 0.25) is 11.9 Å². The molecule has 7 heteroatoms. The number of nitrogens with one attached hydrogen (secondary N) is 1. The molecule has 0 fully saturated rings. The molecule has 0 bridgehead atoms. The summed E-state index contributed by atoms with van der Waals surface area (Å²) in [5, 5.41) is 15.4. The molecule has 3 heterocycles. The van der Waals surface area contributed by atoms with Gasteiger partial charge in [-0.05, 0) is 58.2 Å². The maximum atomic E-state index is 12.6. The van der Waals surface area contributed by atoms with Gasteiger partial charge in [-0.2, -0.15) is 0 Å². The minimum absolute atomic E-state index is 0.0483. The molecule has 0 aromatic carbocycles. The van der Waals surface area contributed by atoms with Crippen LogP contribution in [0.25, 0.3) is 11.2 Å². The summed E-state index contributed by atoms with van der Waals surface area (Å²) in [6.07, 6.45) is -0.0483. The molecule has 0 aliphatic rings. The Bertz CT molecular complexity index is 937. The quantitative estimate of drug-likeness (QED) is 0.730. The average molecular weight is 372 g/mol. The van der Waals surface area contributed by atoms with E-state index in [1.807, 2.05) is 61.9 Å². The van der Waals surface area contributed by atoms with Crippen LogP contribution in [0.15, 0.2) is 29.6 Å². The van der Waals surface area contributed by atoms with Crippen molar-refractivity contribution in [1.29, 1.82) is 0 Å². The van der Waals surface area contributed by atoms with Gasteiger partial charge in [0.05, 0.1) is 6.42 Å². The Kier molecular flexibility index (Phi) is 4.62. The summed E-state index contributed by atoms with van der Waals surface area (Å²) in [7, 11) is 0. The number of hydrogen-bond acceptors (Lipinski definition) is 5. The maximum absolute atomic E-state index is 12.6. The van der Waals surface area contributed by atoms with E-state index < -0.39 is 5.60 Å². The first-order chi connectivity index (χ1) is 12.1. The second kappa shape index (κ2) is 6.48. The standard InChI is InChI=1S/C19H24N4O2S/c1-12-8-9-13-16(20-12)23(18(2,3)4)17(21-13)22-15(24)11-19(5,25)14-7-6-10-26-14/h6-10,25H,11H2,1-5H3,(H,21,22,24)/t19-/m0/s1. The summed E-state index contributed by atoms with van der Waals surface area (Å²) in [5.74, 6) is 0.151. The number of aliphatic hydroxyl groups is 1. The molecule has 138 valence electrons. The molecule has 0 aliphatic carbocycles. The highest BCUT2D eigenvalue weighted by Crippen LogP contribution is 2.30. The van der Waals surface area contributed by atoms with E-state index in [0.29, 0.717) is 5.95 Å². The lowest BCUT2D eigenvalue weighted by Gasteiger charge is -2.25. The van der Waals surface area contributed by atoms with E-state index in [9.17, 15) is 9.90 Å². The summed E-state index contributed by atoms with van der Waals surface area (Å²) in [5.41, 5.74) is 0.824. The number of thiophene rings is 1. The van der Waals surface area contributed by atoms with Gasteiger partial charge >= 0.3 is 0 Å². The van der Waals surface area contributed by atoms with E-state index in [2.05, 4.69) is 15.3 Å². The Hall–Kier alpha value is -2.25. The fraction of sp³-hybridized carbons (Fsp3) is 0.421. The van der Waals surface area contributed by atoms with E-state index in [1.54, 1.807) is 6.92 Å². The van der Waals surface area contributed by atoms with Gasteiger partial charge in [0.1, 0.15) is 11.1 Å². The lowest BCUT2D eigenvalue weighted by molar-refractivity contribution is -0.120. The average Bonchev–Trinajstić information content (AvgIpc) is 3.12. The van der Waals surface area contributed by atoms with Crippen LogP contribution in [0.1, 0.15) is 44.7 Å². The maximum Gasteiger partial charge on any atom is 0.229 e. The molecule has 0 spiro atoms. The first kappa shape index (κ1) is 18.5. The molecule has 1 amide bonds. The number of rotatable bonds is 4. The molecule has 0 aliphatic heterocycles. The topological polar surface area (TPSA) is 80.0 Å². The van der Waals surface area contributed by atoms with Crippen LogP contribution in [0.4, 0.5) is 5.95 Å². The molecule has 3 aromatic rings. The molecule has 1 atom stereocenters. The number of amides is 1. The zero-order valence-electron chi connectivity index (χ0n) is 15.7. The molecule has 0 unspecified atom stereocenters. The second-order valence-electron chi connectivity index (χ2n) is 7.71. The highest BCUT2D eigenvalue weighted by atomic mass is 32.1. The van der Waals surface area contributed by atoms with Crippen LogP contribution in [0.2, 0.25) is 0 Å². The fourth-order valence-corrected chi connectivity index (χ4v) is 3.71. The monoisotopic (exact) mass is 372 g/mol. The third kappa shape index (κ3) is 3.64.